The molecular formula is C18H30N2. The molecule has 0 aromatic heterocycles. The van der Waals surface area contributed by atoms with E-state index in [1.165, 1.54) is 49.2 Å². The minimum atomic E-state index is 0.602. The van der Waals surface area contributed by atoms with Crippen LogP contribution in [0.25, 0.3) is 0 Å². The lowest BCUT2D eigenvalue weighted by molar-refractivity contribution is 0.164. The van der Waals surface area contributed by atoms with Crippen molar-refractivity contribution < 1.29 is 0 Å². The Balaban J connectivity index is 1.89. The van der Waals surface area contributed by atoms with Gasteiger partial charge in [0.25, 0.3) is 0 Å². The van der Waals surface area contributed by atoms with Crippen LogP contribution in [-0.2, 0) is 6.54 Å². The lowest BCUT2D eigenvalue weighted by atomic mass is 9.97. The van der Waals surface area contributed by atoms with Crippen molar-refractivity contribution in [2.75, 3.05) is 19.6 Å². The Morgan fingerprint density at radius 3 is 2.55 bits per heavy atom. The Morgan fingerprint density at radius 2 is 1.90 bits per heavy atom. The smallest absolute Gasteiger partial charge is 0.0234 e. The molecule has 2 rings (SSSR count). The number of hydrogen-bond donors (Lipinski definition) is 1. The monoisotopic (exact) mass is 274 g/mol. The highest BCUT2D eigenvalue weighted by molar-refractivity contribution is 5.28. The van der Waals surface area contributed by atoms with Gasteiger partial charge in [-0.05, 0) is 51.3 Å². The van der Waals surface area contributed by atoms with Crippen LogP contribution < -0.4 is 5.32 Å². The maximum atomic E-state index is 3.59. The van der Waals surface area contributed by atoms with E-state index < -0.39 is 0 Å². The van der Waals surface area contributed by atoms with Gasteiger partial charge in [-0.15, -0.1) is 0 Å². The molecule has 1 aromatic rings. The second-order valence-electron chi connectivity index (χ2n) is 6.80. The molecule has 0 amide bonds. The van der Waals surface area contributed by atoms with Gasteiger partial charge in [0.1, 0.15) is 0 Å². The number of benzene rings is 1. The highest BCUT2D eigenvalue weighted by Crippen LogP contribution is 2.19. The first-order valence-corrected chi connectivity index (χ1v) is 8.06. The number of aryl methyl sites for hydroxylation is 2. The zero-order chi connectivity index (χ0) is 14.5. The molecule has 2 heteroatoms. The van der Waals surface area contributed by atoms with Gasteiger partial charge in [-0.2, -0.15) is 0 Å². The fraction of sp³-hybridized carbons (Fsp3) is 0.667. The molecule has 20 heavy (non-hydrogen) atoms. The first kappa shape index (κ1) is 15.5. The maximum absolute atomic E-state index is 3.59. The molecule has 1 heterocycles. The molecule has 1 aromatic carbocycles. The Labute approximate surface area is 124 Å². The van der Waals surface area contributed by atoms with Gasteiger partial charge in [-0.3, -0.25) is 4.90 Å². The van der Waals surface area contributed by atoms with Crippen molar-refractivity contribution in [3.05, 3.63) is 34.9 Å². The molecule has 0 spiro atoms. The standard InChI is InChI=1S/C18H30N2/c1-14(2)19-11-17-6-5-7-20(12-17)13-18-9-15(3)8-16(4)10-18/h8-10,14,17,19H,5-7,11-13H2,1-4H3. The van der Waals surface area contributed by atoms with E-state index in [2.05, 4.69) is 56.1 Å². The third-order valence-electron chi connectivity index (χ3n) is 4.11. The average Bonchev–Trinajstić information content (AvgIpc) is 2.35. The molecule has 0 bridgehead atoms. The van der Waals surface area contributed by atoms with E-state index >= 15 is 0 Å². The third-order valence-corrected chi connectivity index (χ3v) is 4.11. The quantitative estimate of drug-likeness (QED) is 0.884. The molecule has 0 aliphatic carbocycles. The van der Waals surface area contributed by atoms with Crippen LogP contribution in [0, 0.1) is 19.8 Å². The average molecular weight is 274 g/mol. The van der Waals surface area contributed by atoms with Crippen LogP contribution in [0.15, 0.2) is 18.2 Å². The van der Waals surface area contributed by atoms with Crippen molar-refractivity contribution >= 4 is 0 Å². The van der Waals surface area contributed by atoms with E-state index in [9.17, 15) is 0 Å². The number of piperidine rings is 1. The van der Waals surface area contributed by atoms with E-state index in [4.69, 9.17) is 0 Å². The van der Waals surface area contributed by atoms with E-state index in [0.29, 0.717) is 6.04 Å². The summed E-state index contributed by atoms with van der Waals surface area (Å²) >= 11 is 0. The summed E-state index contributed by atoms with van der Waals surface area (Å²) in [4.78, 5) is 2.63. The van der Waals surface area contributed by atoms with E-state index in [1.54, 1.807) is 0 Å². The lowest BCUT2D eigenvalue weighted by Gasteiger charge is -2.33. The summed E-state index contributed by atoms with van der Waals surface area (Å²) in [6.45, 7) is 13.6. The summed E-state index contributed by atoms with van der Waals surface area (Å²) < 4.78 is 0. The van der Waals surface area contributed by atoms with Gasteiger partial charge in [0.2, 0.25) is 0 Å². The van der Waals surface area contributed by atoms with Crippen molar-refractivity contribution in [2.45, 2.75) is 53.1 Å². The van der Waals surface area contributed by atoms with Crippen LogP contribution in [0.1, 0.15) is 43.4 Å². The number of nitrogens with one attached hydrogen (secondary N) is 1. The predicted octanol–water partition coefficient (Wildman–Crippen LogP) is 3.51. The molecule has 1 saturated heterocycles. The summed E-state index contributed by atoms with van der Waals surface area (Å²) in [5.74, 6) is 0.817. The Hall–Kier alpha value is -0.860. The molecule has 1 unspecified atom stereocenters. The van der Waals surface area contributed by atoms with Gasteiger partial charge in [-0.1, -0.05) is 43.2 Å². The molecular weight excluding hydrogens is 244 g/mol. The first-order chi connectivity index (χ1) is 9.52. The van der Waals surface area contributed by atoms with Gasteiger partial charge in [0, 0.05) is 19.1 Å². The normalized spacial score (nSPS) is 20.6. The summed E-state index contributed by atoms with van der Waals surface area (Å²) in [6.07, 6.45) is 2.72. The highest BCUT2D eigenvalue weighted by Gasteiger charge is 2.19. The van der Waals surface area contributed by atoms with Crippen molar-refractivity contribution in [1.29, 1.82) is 0 Å². The van der Waals surface area contributed by atoms with Crippen molar-refractivity contribution in [3.8, 4) is 0 Å². The Morgan fingerprint density at radius 1 is 1.20 bits per heavy atom. The van der Waals surface area contributed by atoms with Gasteiger partial charge in [0.15, 0.2) is 0 Å². The van der Waals surface area contributed by atoms with Gasteiger partial charge >= 0.3 is 0 Å². The molecule has 0 saturated carbocycles. The second kappa shape index (κ2) is 7.24. The predicted molar refractivity (Wildman–Crippen MR) is 87.1 cm³/mol. The van der Waals surface area contributed by atoms with Crippen LogP contribution >= 0.6 is 0 Å². The molecule has 112 valence electrons. The SMILES string of the molecule is Cc1cc(C)cc(CN2CCCC(CNC(C)C)C2)c1. The fourth-order valence-electron chi connectivity index (χ4n) is 3.28. The zero-order valence-corrected chi connectivity index (χ0v) is 13.6. The minimum Gasteiger partial charge on any atom is -0.314 e. The molecule has 1 aliphatic rings. The molecule has 0 radical (unpaired) electrons. The van der Waals surface area contributed by atoms with Crippen molar-refractivity contribution in [2.24, 2.45) is 5.92 Å². The van der Waals surface area contributed by atoms with Gasteiger partial charge in [0.05, 0.1) is 0 Å². The zero-order valence-electron chi connectivity index (χ0n) is 13.6. The fourth-order valence-corrected chi connectivity index (χ4v) is 3.28. The lowest BCUT2D eigenvalue weighted by Crippen LogP contribution is -2.40. The van der Waals surface area contributed by atoms with Gasteiger partial charge in [-0.25, -0.2) is 0 Å². The first-order valence-electron chi connectivity index (χ1n) is 8.06. The topological polar surface area (TPSA) is 15.3 Å². The van der Waals surface area contributed by atoms with Crippen molar-refractivity contribution in [1.82, 2.24) is 10.2 Å². The van der Waals surface area contributed by atoms with Crippen LogP contribution in [0.3, 0.4) is 0 Å². The van der Waals surface area contributed by atoms with Crippen LogP contribution in [0.4, 0.5) is 0 Å². The second-order valence-corrected chi connectivity index (χ2v) is 6.80. The summed E-state index contributed by atoms with van der Waals surface area (Å²) in [5, 5.41) is 3.59. The molecule has 1 N–H and O–H groups in total. The highest BCUT2D eigenvalue weighted by atomic mass is 15.1. The number of hydrogen-bond acceptors (Lipinski definition) is 2. The largest absolute Gasteiger partial charge is 0.314 e. The number of likely N-dealkylation sites (tertiary alicyclic amines) is 1. The Kier molecular flexibility index (Phi) is 5.62. The van der Waals surface area contributed by atoms with E-state index in [0.717, 1.165) is 12.5 Å². The molecule has 1 aliphatic heterocycles. The van der Waals surface area contributed by atoms with Crippen molar-refractivity contribution in [3.63, 3.8) is 0 Å². The minimum absolute atomic E-state index is 0.602. The molecule has 1 fully saturated rings. The molecule has 2 nitrogen and oxygen atoms in total. The summed E-state index contributed by atoms with van der Waals surface area (Å²) in [7, 11) is 0. The Bertz CT molecular complexity index is 405. The van der Waals surface area contributed by atoms with E-state index in [1.807, 2.05) is 0 Å². The summed E-state index contributed by atoms with van der Waals surface area (Å²) in [5.41, 5.74) is 4.24. The van der Waals surface area contributed by atoms with Crippen LogP contribution in [-0.4, -0.2) is 30.6 Å². The van der Waals surface area contributed by atoms with E-state index in [-0.39, 0.29) is 0 Å². The molecule has 1 atom stereocenters. The summed E-state index contributed by atoms with van der Waals surface area (Å²) in [6, 6.07) is 7.53. The number of nitrogens with zero attached hydrogens (tertiary/aromatic N) is 1. The van der Waals surface area contributed by atoms with Crippen LogP contribution in [0.2, 0.25) is 0 Å². The number of rotatable bonds is 5. The third kappa shape index (κ3) is 4.92. The van der Waals surface area contributed by atoms with Gasteiger partial charge < -0.3 is 5.32 Å². The maximum Gasteiger partial charge on any atom is 0.0234 e. The van der Waals surface area contributed by atoms with Crippen LogP contribution in [0.5, 0.6) is 0 Å².